The molecule has 1 saturated carbocycles. The smallest absolute Gasteiger partial charge is 0.0997 e. The number of hydrogen-bond acceptors (Lipinski definition) is 3. The highest BCUT2D eigenvalue weighted by molar-refractivity contribution is 6.42. The van der Waals surface area contributed by atoms with E-state index in [0.29, 0.717) is 29.1 Å². The van der Waals surface area contributed by atoms with Gasteiger partial charge in [0.25, 0.3) is 0 Å². The van der Waals surface area contributed by atoms with Crippen molar-refractivity contribution in [1.82, 2.24) is 15.0 Å². The van der Waals surface area contributed by atoms with Gasteiger partial charge in [0, 0.05) is 12.5 Å². The summed E-state index contributed by atoms with van der Waals surface area (Å²) in [6.45, 7) is 1.09. The first-order valence-corrected chi connectivity index (χ1v) is 7.01. The summed E-state index contributed by atoms with van der Waals surface area (Å²) >= 11 is 11.9. The molecule has 2 N–H and O–H groups in total. The molecule has 6 heteroatoms. The van der Waals surface area contributed by atoms with Crippen LogP contribution in [-0.2, 0) is 13.1 Å². The Morgan fingerprint density at radius 1 is 1.26 bits per heavy atom. The normalized spacial score (nSPS) is 14.9. The lowest BCUT2D eigenvalue weighted by atomic mass is 10.2. The minimum absolute atomic E-state index is 0.438. The molecule has 1 fully saturated rings. The van der Waals surface area contributed by atoms with Crippen LogP contribution < -0.4 is 5.73 Å². The molecule has 100 valence electrons. The van der Waals surface area contributed by atoms with Gasteiger partial charge in [-0.1, -0.05) is 34.5 Å². The average Bonchev–Trinajstić information content (AvgIpc) is 3.16. The molecular weight excluding hydrogens is 283 g/mol. The maximum absolute atomic E-state index is 6.03. The van der Waals surface area contributed by atoms with Crippen molar-refractivity contribution < 1.29 is 0 Å². The summed E-state index contributed by atoms with van der Waals surface area (Å²) in [4.78, 5) is 0. The third-order valence-electron chi connectivity index (χ3n) is 3.32. The molecule has 1 aliphatic rings. The van der Waals surface area contributed by atoms with Crippen LogP contribution in [0.3, 0.4) is 0 Å². The van der Waals surface area contributed by atoms with E-state index in [-0.39, 0.29) is 0 Å². The molecule has 0 aliphatic heterocycles. The molecule has 1 aromatic heterocycles. The number of aromatic nitrogens is 3. The van der Waals surface area contributed by atoms with Crippen molar-refractivity contribution in [2.24, 2.45) is 5.73 Å². The lowest BCUT2D eigenvalue weighted by Crippen LogP contribution is -2.08. The van der Waals surface area contributed by atoms with Crippen LogP contribution in [0.15, 0.2) is 18.2 Å². The zero-order valence-corrected chi connectivity index (χ0v) is 11.8. The average molecular weight is 297 g/mol. The quantitative estimate of drug-likeness (QED) is 0.944. The Morgan fingerprint density at radius 3 is 2.68 bits per heavy atom. The van der Waals surface area contributed by atoms with Gasteiger partial charge in [0.05, 0.1) is 28.0 Å². The van der Waals surface area contributed by atoms with Crippen LogP contribution in [0.4, 0.5) is 0 Å². The Labute approximate surface area is 121 Å². The summed E-state index contributed by atoms with van der Waals surface area (Å²) in [5.74, 6) is 0.566. The summed E-state index contributed by atoms with van der Waals surface area (Å²) in [5, 5.41) is 9.49. The van der Waals surface area contributed by atoms with Crippen molar-refractivity contribution in [1.29, 1.82) is 0 Å². The Morgan fingerprint density at radius 2 is 2.05 bits per heavy atom. The van der Waals surface area contributed by atoms with Crippen LogP contribution in [0, 0.1) is 0 Å². The lowest BCUT2D eigenvalue weighted by Gasteiger charge is -2.07. The molecule has 3 rings (SSSR count). The molecule has 4 nitrogen and oxygen atoms in total. The third kappa shape index (κ3) is 2.61. The van der Waals surface area contributed by atoms with Crippen LogP contribution >= 0.6 is 23.2 Å². The van der Waals surface area contributed by atoms with E-state index < -0.39 is 0 Å². The van der Waals surface area contributed by atoms with E-state index in [4.69, 9.17) is 28.9 Å². The van der Waals surface area contributed by atoms with Gasteiger partial charge in [-0.05, 0) is 30.5 Å². The number of nitrogens with two attached hydrogens (primary N) is 1. The van der Waals surface area contributed by atoms with Gasteiger partial charge in [-0.15, -0.1) is 5.10 Å². The first-order valence-electron chi connectivity index (χ1n) is 6.25. The second kappa shape index (κ2) is 5.12. The van der Waals surface area contributed by atoms with Gasteiger partial charge in [0.1, 0.15) is 0 Å². The molecule has 1 aliphatic carbocycles. The Kier molecular flexibility index (Phi) is 3.48. The molecule has 1 heterocycles. The highest BCUT2D eigenvalue weighted by Gasteiger charge is 2.30. The second-order valence-electron chi connectivity index (χ2n) is 4.81. The van der Waals surface area contributed by atoms with E-state index in [1.807, 2.05) is 16.8 Å². The van der Waals surface area contributed by atoms with Gasteiger partial charge in [0.2, 0.25) is 0 Å². The van der Waals surface area contributed by atoms with Gasteiger partial charge in [-0.2, -0.15) is 0 Å². The summed E-state index contributed by atoms with van der Waals surface area (Å²) < 4.78 is 1.93. The maximum Gasteiger partial charge on any atom is 0.0997 e. The van der Waals surface area contributed by atoms with Crippen molar-refractivity contribution in [3.63, 3.8) is 0 Å². The fourth-order valence-corrected chi connectivity index (χ4v) is 2.55. The summed E-state index contributed by atoms with van der Waals surface area (Å²) in [6.07, 6.45) is 2.39. The van der Waals surface area contributed by atoms with Crippen LogP contribution in [0.25, 0.3) is 0 Å². The predicted molar refractivity (Wildman–Crippen MR) is 75.5 cm³/mol. The number of halogens is 2. The molecule has 2 aromatic rings. The van der Waals surface area contributed by atoms with Gasteiger partial charge in [-0.3, -0.25) is 0 Å². The second-order valence-corrected chi connectivity index (χ2v) is 5.62. The summed E-state index contributed by atoms with van der Waals surface area (Å²) in [5.41, 5.74) is 8.85. The predicted octanol–water partition coefficient (Wildman–Crippen LogP) is 2.97. The Balaban J connectivity index is 1.90. The molecule has 1 aromatic carbocycles. The van der Waals surface area contributed by atoms with Crippen molar-refractivity contribution in [2.75, 3.05) is 0 Å². The van der Waals surface area contributed by atoms with E-state index in [0.717, 1.165) is 11.3 Å². The van der Waals surface area contributed by atoms with Crippen molar-refractivity contribution in [3.05, 3.63) is 45.2 Å². The Hall–Kier alpha value is -1.10. The van der Waals surface area contributed by atoms with Crippen LogP contribution in [-0.4, -0.2) is 15.0 Å². The topological polar surface area (TPSA) is 56.7 Å². The largest absolute Gasteiger partial charge is 0.325 e. The van der Waals surface area contributed by atoms with E-state index >= 15 is 0 Å². The molecule has 19 heavy (non-hydrogen) atoms. The van der Waals surface area contributed by atoms with Gasteiger partial charge < -0.3 is 5.73 Å². The van der Waals surface area contributed by atoms with Crippen LogP contribution in [0.2, 0.25) is 10.0 Å². The lowest BCUT2D eigenvalue weighted by molar-refractivity contribution is 0.619. The highest BCUT2D eigenvalue weighted by atomic mass is 35.5. The SMILES string of the molecule is NCc1nnn(Cc2ccc(Cl)c(Cl)c2)c1C1CC1. The number of rotatable bonds is 4. The van der Waals surface area contributed by atoms with Crippen LogP contribution in [0.5, 0.6) is 0 Å². The molecule has 0 atom stereocenters. The van der Waals surface area contributed by atoms with Gasteiger partial charge in [-0.25, -0.2) is 4.68 Å². The monoisotopic (exact) mass is 296 g/mol. The fraction of sp³-hybridized carbons (Fsp3) is 0.385. The molecular formula is C13H14Cl2N4. The van der Waals surface area contributed by atoms with E-state index in [1.165, 1.54) is 18.5 Å². The van der Waals surface area contributed by atoms with Crippen molar-refractivity contribution in [3.8, 4) is 0 Å². The van der Waals surface area contributed by atoms with Crippen molar-refractivity contribution >= 4 is 23.2 Å². The van der Waals surface area contributed by atoms with Crippen LogP contribution in [0.1, 0.15) is 35.7 Å². The summed E-state index contributed by atoms with van der Waals surface area (Å²) in [6, 6.07) is 5.62. The van der Waals surface area contributed by atoms with Gasteiger partial charge in [0.15, 0.2) is 0 Å². The number of nitrogens with zero attached hydrogens (tertiary/aromatic N) is 3. The minimum atomic E-state index is 0.438. The van der Waals surface area contributed by atoms with E-state index in [9.17, 15) is 0 Å². The van der Waals surface area contributed by atoms with Crippen molar-refractivity contribution in [2.45, 2.75) is 31.8 Å². The first kappa shape index (κ1) is 12.9. The molecule has 0 spiro atoms. The van der Waals surface area contributed by atoms with E-state index in [2.05, 4.69) is 10.3 Å². The zero-order chi connectivity index (χ0) is 13.4. The van der Waals surface area contributed by atoms with E-state index in [1.54, 1.807) is 6.07 Å². The number of hydrogen-bond donors (Lipinski definition) is 1. The zero-order valence-electron chi connectivity index (χ0n) is 10.3. The number of benzene rings is 1. The molecule has 0 amide bonds. The minimum Gasteiger partial charge on any atom is -0.325 e. The van der Waals surface area contributed by atoms with Gasteiger partial charge >= 0.3 is 0 Å². The molecule has 0 unspecified atom stereocenters. The summed E-state index contributed by atoms with van der Waals surface area (Å²) in [7, 11) is 0. The molecule has 0 bridgehead atoms. The third-order valence-corrected chi connectivity index (χ3v) is 4.06. The molecule has 0 saturated heterocycles. The molecule has 0 radical (unpaired) electrons. The Bertz CT molecular complexity index is 605. The maximum atomic E-state index is 6.03. The highest BCUT2D eigenvalue weighted by Crippen LogP contribution is 2.41. The standard InChI is InChI=1S/C13H14Cl2N4/c14-10-4-1-8(5-11(10)15)7-19-13(9-2-3-9)12(6-16)17-18-19/h1,4-5,9H,2-3,6-7,16H2. The first-order chi connectivity index (χ1) is 9.19. The fourth-order valence-electron chi connectivity index (χ4n) is 2.23.